The van der Waals surface area contributed by atoms with Crippen molar-refractivity contribution in [1.82, 2.24) is 4.98 Å². The van der Waals surface area contributed by atoms with Gasteiger partial charge >= 0.3 is 5.97 Å². The maximum atomic E-state index is 12.6. The molecule has 0 aliphatic carbocycles. The third kappa shape index (κ3) is 6.87. The number of aliphatic imine (C=N–C) groups is 1. The van der Waals surface area contributed by atoms with Crippen molar-refractivity contribution < 1.29 is 14.5 Å². The minimum atomic E-state index is -0.487. The summed E-state index contributed by atoms with van der Waals surface area (Å²) in [5.74, 6) is -0.00444. The lowest BCUT2D eigenvalue weighted by atomic mass is 10.0. The topological polar surface area (TPSA) is 107 Å². The van der Waals surface area contributed by atoms with Gasteiger partial charge in [0, 0.05) is 36.4 Å². The molecule has 8 nitrogen and oxygen atoms in total. The van der Waals surface area contributed by atoms with Crippen LogP contribution < -0.4 is 5.32 Å². The van der Waals surface area contributed by atoms with E-state index in [2.05, 4.69) is 15.3 Å². The molecule has 0 saturated heterocycles. The fraction of sp³-hybridized carbons (Fsp3) is 0.292. The van der Waals surface area contributed by atoms with E-state index in [1.165, 1.54) is 18.3 Å². The molecule has 0 fully saturated rings. The summed E-state index contributed by atoms with van der Waals surface area (Å²) in [5, 5.41) is 14.3. The SMILES string of the molecule is CCC/C=C(/N=C/C(C(=O)OCC)=C(\C)c1cccnc1)Nc1cc([N+](=O)[O-])ccc1C. The molecule has 0 aliphatic heterocycles. The van der Waals surface area contributed by atoms with E-state index in [0.717, 1.165) is 24.0 Å². The number of non-ortho nitro benzene ring substituents is 1. The Morgan fingerprint density at radius 1 is 1.31 bits per heavy atom. The van der Waals surface area contributed by atoms with Crippen molar-refractivity contribution in [2.45, 2.75) is 40.5 Å². The van der Waals surface area contributed by atoms with Gasteiger partial charge in [-0.2, -0.15) is 0 Å². The van der Waals surface area contributed by atoms with Gasteiger partial charge in [-0.05, 0) is 56.0 Å². The number of unbranched alkanes of at least 4 members (excludes halogenated alkanes) is 1. The van der Waals surface area contributed by atoms with Gasteiger partial charge in [0.2, 0.25) is 0 Å². The van der Waals surface area contributed by atoms with Crippen LogP contribution in [0.2, 0.25) is 0 Å². The van der Waals surface area contributed by atoms with Crippen molar-refractivity contribution in [2.75, 3.05) is 11.9 Å². The molecule has 32 heavy (non-hydrogen) atoms. The number of nitrogens with one attached hydrogen (secondary N) is 1. The smallest absolute Gasteiger partial charge is 0.339 e. The third-order valence-corrected chi connectivity index (χ3v) is 4.65. The Hall–Kier alpha value is -3.81. The minimum Gasteiger partial charge on any atom is -0.462 e. The first-order valence-corrected chi connectivity index (χ1v) is 10.4. The van der Waals surface area contributed by atoms with Crippen molar-refractivity contribution in [2.24, 2.45) is 4.99 Å². The number of pyridine rings is 1. The Labute approximate surface area is 187 Å². The summed E-state index contributed by atoms with van der Waals surface area (Å²) in [7, 11) is 0. The average molecular weight is 437 g/mol. The van der Waals surface area contributed by atoms with Crippen LogP contribution in [0.3, 0.4) is 0 Å². The van der Waals surface area contributed by atoms with Gasteiger partial charge in [0.25, 0.3) is 5.69 Å². The van der Waals surface area contributed by atoms with Gasteiger partial charge in [-0.1, -0.05) is 25.5 Å². The molecule has 1 N–H and O–H groups in total. The molecular weight excluding hydrogens is 408 g/mol. The lowest BCUT2D eigenvalue weighted by Crippen LogP contribution is -2.11. The lowest BCUT2D eigenvalue weighted by Gasteiger charge is -2.11. The number of nitro groups is 1. The fourth-order valence-electron chi connectivity index (χ4n) is 2.80. The summed E-state index contributed by atoms with van der Waals surface area (Å²) in [6, 6.07) is 8.25. The molecule has 1 aromatic heterocycles. The Morgan fingerprint density at radius 3 is 2.72 bits per heavy atom. The number of carbonyl (C=O) groups excluding carboxylic acids is 1. The Kier molecular flexibility index (Phi) is 9.28. The zero-order valence-corrected chi connectivity index (χ0v) is 18.8. The first kappa shape index (κ1) is 24.5. The first-order chi connectivity index (χ1) is 15.4. The van der Waals surface area contributed by atoms with Crippen molar-refractivity contribution >= 4 is 29.1 Å². The number of nitrogens with zero attached hydrogens (tertiary/aromatic N) is 3. The summed E-state index contributed by atoms with van der Waals surface area (Å²) < 4.78 is 5.22. The molecule has 0 spiro atoms. The molecular formula is C24H28N4O4. The van der Waals surface area contributed by atoms with Gasteiger partial charge in [0.15, 0.2) is 0 Å². The fourth-order valence-corrected chi connectivity index (χ4v) is 2.80. The summed E-state index contributed by atoms with van der Waals surface area (Å²) in [5.41, 5.74) is 3.16. The number of anilines is 1. The summed E-state index contributed by atoms with van der Waals surface area (Å²) in [4.78, 5) is 31.9. The molecule has 8 heteroatoms. The molecule has 0 saturated carbocycles. The highest BCUT2D eigenvalue weighted by Gasteiger charge is 2.14. The van der Waals surface area contributed by atoms with Crippen LogP contribution in [0.5, 0.6) is 0 Å². The van der Waals surface area contributed by atoms with Gasteiger partial charge in [0.05, 0.1) is 17.1 Å². The number of aryl methyl sites for hydroxylation is 1. The van der Waals surface area contributed by atoms with Crippen molar-refractivity contribution in [3.63, 3.8) is 0 Å². The molecule has 0 unspecified atom stereocenters. The molecule has 0 radical (unpaired) electrons. The number of esters is 1. The second kappa shape index (κ2) is 12.1. The number of ether oxygens (including phenoxy) is 1. The van der Waals surface area contributed by atoms with E-state index in [0.29, 0.717) is 22.7 Å². The third-order valence-electron chi connectivity index (χ3n) is 4.65. The summed E-state index contributed by atoms with van der Waals surface area (Å²) in [6.45, 7) is 7.67. The van der Waals surface area contributed by atoms with Crippen LogP contribution in [0.25, 0.3) is 5.57 Å². The van der Waals surface area contributed by atoms with Crippen LogP contribution in [0.4, 0.5) is 11.4 Å². The lowest BCUT2D eigenvalue weighted by molar-refractivity contribution is -0.384. The number of nitro benzene ring substituents is 1. The van der Waals surface area contributed by atoms with E-state index in [1.54, 1.807) is 31.5 Å². The van der Waals surface area contributed by atoms with E-state index in [9.17, 15) is 14.9 Å². The van der Waals surface area contributed by atoms with Crippen molar-refractivity contribution in [3.05, 3.63) is 81.4 Å². The molecule has 2 aromatic rings. The van der Waals surface area contributed by atoms with Crippen LogP contribution in [0.1, 0.15) is 44.7 Å². The van der Waals surface area contributed by atoms with E-state index in [-0.39, 0.29) is 12.3 Å². The Balaban J connectivity index is 2.44. The number of rotatable bonds is 10. The van der Waals surface area contributed by atoms with E-state index in [4.69, 9.17) is 4.74 Å². The first-order valence-electron chi connectivity index (χ1n) is 10.4. The number of hydrogen-bond donors (Lipinski definition) is 1. The van der Waals surface area contributed by atoms with Gasteiger partial charge in [-0.25, -0.2) is 9.79 Å². The van der Waals surface area contributed by atoms with Gasteiger partial charge in [-0.15, -0.1) is 0 Å². The van der Waals surface area contributed by atoms with Crippen LogP contribution in [0, 0.1) is 17.0 Å². The predicted molar refractivity (Wildman–Crippen MR) is 126 cm³/mol. The van der Waals surface area contributed by atoms with Crippen LogP contribution >= 0.6 is 0 Å². The molecule has 2 rings (SSSR count). The second-order valence-corrected chi connectivity index (χ2v) is 7.02. The highest BCUT2D eigenvalue weighted by molar-refractivity contribution is 6.16. The van der Waals surface area contributed by atoms with Crippen LogP contribution in [-0.2, 0) is 9.53 Å². The normalized spacial score (nSPS) is 12.4. The molecule has 168 valence electrons. The zero-order chi connectivity index (χ0) is 23.5. The van der Waals surface area contributed by atoms with E-state index in [1.807, 2.05) is 32.9 Å². The standard InChI is InChI=1S/C24H28N4O4/c1-5-7-10-23(27-22-14-20(28(30)31)12-11-17(22)3)26-16-21(24(29)32-6-2)18(4)19-9-8-13-25-15-19/h8-16,27H,5-7H2,1-4H3/b21-18-,23-10-,26-16+. The maximum Gasteiger partial charge on any atom is 0.339 e. The maximum absolute atomic E-state index is 12.6. The molecule has 0 bridgehead atoms. The highest BCUT2D eigenvalue weighted by atomic mass is 16.6. The number of allylic oxidation sites excluding steroid dienone is 2. The van der Waals surface area contributed by atoms with Gasteiger partial charge in [-0.3, -0.25) is 15.1 Å². The number of carbonyl (C=O) groups is 1. The van der Waals surface area contributed by atoms with Gasteiger partial charge in [0.1, 0.15) is 5.82 Å². The number of aromatic nitrogens is 1. The molecule has 1 aromatic carbocycles. The highest BCUT2D eigenvalue weighted by Crippen LogP contribution is 2.24. The Bertz CT molecular complexity index is 1040. The van der Waals surface area contributed by atoms with Crippen LogP contribution in [-0.4, -0.2) is 28.7 Å². The average Bonchev–Trinajstić information content (AvgIpc) is 2.79. The van der Waals surface area contributed by atoms with Crippen LogP contribution in [0.15, 0.2) is 65.2 Å². The zero-order valence-electron chi connectivity index (χ0n) is 18.8. The second-order valence-electron chi connectivity index (χ2n) is 7.02. The minimum absolute atomic E-state index is 0.0172. The van der Waals surface area contributed by atoms with Gasteiger partial charge < -0.3 is 10.1 Å². The largest absolute Gasteiger partial charge is 0.462 e. The molecule has 0 aliphatic rings. The molecule has 1 heterocycles. The van der Waals surface area contributed by atoms with Crippen molar-refractivity contribution in [1.29, 1.82) is 0 Å². The quantitative estimate of drug-likeness (QED) is 0.174. The predicted octanol–water partition coefficient (Wildman–Crippen LogP) is 5.46. The number of benzene rings is 1. The van der Waals surface area contributed by atoms with E-state index >= 15 is 0 Å². The number of hydrogen-bond acceptors (Lipinski definition) is 7. The molecule has 0 atom stereocenters. The van der Waals surface area contributed by atoms with E-state index < -0.39 is 10.9 Å². The monoisotopic (exact) mass is 436 g/mol. The summed E-state index contributed by atoms with van der Waals surface area (Å²) in [6.07, 6.45) is 8.31. The summed E-state index contributed by atoms with van der Waals surface area (Å²) >= 11 is 0. The van der Waals surface area contributed by atoms with Crippen molar-refractivity contribution in [3.8, 4) is 0 Å². The molecule has 0 amide bonds. The Morgan fingerprint density at radius 2 is 2.09 bits per heavy atom.